The highest BCUT2D eigenvalue weighted by Crippen LogP contribution is 2.43. The molecule has 0 rings (SSSR count). The molecule has 0 aliphatic rings. The van der Waals surface area contributed by atoms with Crippen molar-refractivity contribution in [2.45, 2.75) is 251 Å². The molecule has 0 heterocycles. The van der Waals surface area contributed by atoms with E-state index in [0.29, 0.717) is 23.9 Å². The number of unbranched alkanes of at least 4 members (excludes halogenated alkanes) is 29. The zero-order valence-corrected chi connectivity index (χ0v) is 40.7. The Morgan fingerprint density at radius 2 is 0.966 bits per heavy atom. The summed E-state index contributed by atoms with van der Waals surface area (Å²) in [6.45, 7) is 6.99. The summed E-state index contributed by atoms with van der Waals surface area (Å²) in [5.74, 6) is -0.498. The average molecular weight is 858 g/mol. The second kappa shape index (κ2) is 40.8. The number of likely N-dealkylation sites (N-methyl/N-ethyl adjacent to an activating group) is 1. The van der Waals surface area contributed by atoms with Crippen molar-refractivity contribution in [2.24, 2.45) is 0 Å². The van der Waals surface area contributed by atoms with E-state index in [1.54, 1.807) is 0 Å². The van der Waals surface area contributed by atoms with Crippen LogP contribution in [0.4, 0.5) is 0 Å². The second-order valence-electron chi connectivity index (χ2n) is 18.4. The van der Waals surface area contributed by atoms with E-state index >= 15 is 0 Å². The highest BCUT2D eigenvalue weighted by molar-refractivity contribution is 7.47. The first-order valence-electron chi connectivity index (χ1n) is 25.0. The zero-order chi connectivity index (χ0) is 43.7. The van der Waals surface area contributed by atoms with E-state index in [1.165, 1.54) is 148 Å². The molecule has 0 aromatic heterocycles. The van der Waals surface area contributed by atoms with Crippen LogP contribution in [-0.2, 0) is 27.9 Å². The van der Waals surface area contributed by atoms with E-state index < -0.39 is 20.0 Å². The number of nitrogens with zero attached hydrogens (tertiary/aromatic N) is 1. The van der Waals surface area contributed by atoms with Crippen LogP contribution in [0.2, 0.25) is 0 Å². The molecule has 0 aliphatic heterocycles. The number of nitrogens with one attached hydrogen (secondary N) is 1. The molecule has 2 N–H and O–H groups in total. The maximum absolute atomic E-state index is 13.4. The molecule has 350 valence electrons. The van der Waals surface area contributed by atoms with Gasteiger partial charge in [0, 0.05) is 12.8 Å². The number of rotatable bonds is 45. The molecule has 1 amide bonds. The first kappa shape index (κ1) is 57.8. The van der Waals surface area contributed by atoms with Gasteiger partial charge in [-0.1, -0.05) is 207 Å². The Labute approximate surface area is 365 Å². The number of hydrogen-bond acceptors (Lipinski definition) is 6. The number of carbonyl (C=O) groups excluding carboxylic acids is 2. The average Bonchev–Trinajstić information content (AvgIpc) is 3.18. The fraction of sp³-hybridized carbons (Fsp3) is 0.918. The Kier molecular flexibility index (Phi) is 39.9. The molecular formula is C49H98N2O7P+. The number of phosphoric acid groups is 1. The third-order valence-electron chi connectivity index (χ3n) is 11.2. The van der Waals surface area contributed by atoms with Gasteiger partial charge in [0.1, 0.15) is 19.3 Å². The van der Waals surface area contributed by atoms with Gasteiger partial charge >= 0.3 is 13.8 Å². The van der Waals surface area contributed by atoms with Crippen LogP contribution in [0, 0.1) is 0 Å². The van der Waals surface area contributed by atoms with Crippen molar-refractivity contribution < 1.29 is 37.3 Å². The summed E-state index contributed by atoms with van der Waals surface area (Å²) in [5, 5.41) is 3.03. The number of esters is 1. The van der Waals surface area contributed by atoms with Crippen molar-refractivity contribution in [1.82, 2.24) is 5.32 Å². The highest BCUT2D eigenvalue weighted by Gasteiger charge is 2.30. The van der Waals surface area contributed by atoms with Crippen LogP contribution in [0.5, 0.6) is 0 Å². The van der Waals surface area contributed by atoms with E-state index in [4.69, 9.17) is 13.8 Å². The molecule has 0 saturated carbocycles. The van der Waals surface area contributed by atoms with Gasteiger partial charge < -0.3 is 19.4 Å². The Bertz CT molecular complexity index is 1030. The first-order chi connectivity index (χ1) is 28.4. The van der Waals surface area contributed by atoms with E-state index in [-0.39, 0.29) is 25.1 Å². The Hall–Kier alpha value is -1.25. The van der Waals surface area contributed by atoms with Crippen molar-refractivity contribution in [3.8, 4) is 0 Å². The fourth-order valence-corrected chi connectivity index (χ4v) is 8.03. The predicted molar refractivity (Wildman–Crippen MR) is 250 cm³/mol. The minimum atomic E-state index is -4.42. The van der Waals surface area contributed by atoms with Crippen LogP contribution in [0.1, 0.15) is 239 Å². The molecule has 0 aliphatic carbocycles. The van der Waals surface area contributed by atoms with Crippen molar-refractivity contribution in [1.29, 1.82) is 0 Å². The van der Waals surface area contributed by atoms with Gasteiger partial charge in [0.25, 0.3) is 0 Å². The monoisotopic (exact) mass is 858 g/mol. The smallest absolute Gasteiger partial charge is 0.456 e. The highest BCUT2D eigenvalue weighted by atomic mass is 31.2. The van der Waals surface area contributed by atoms with Crippen molar-refractivity contribution in [3.63, 3.8) is 0 Å². The zero-order valence-electron chi connectivity index (χ0n) is 39.8. The number of quaternary nitrogens is 1. The summed E-state index contributed by atoms with van der Waals surface area (Å²) in [7, 11) is 1.51. The van der Waals surface area contributed by atoms with E-state index in [9.17, 15) is 19.0 Å². The van der Waals surface area contributed by atoms with Gasteiger partial charge in [0.2, 0.25) is 5.91 Å². The van der Waals surface area contributed by atoms with E-state index in [2.05, 4.69) is 26.1 Å². The summed E-state index contributed by atoms with van der Waals surface area (Å²) in [5.41, 5.74) is 0. The molecule has 0 bridgehead atoms. The maximum Gasteiger partial charge on any atom is 0.472 e. The molecule has 0 aromatic rings. The van der Waals surface area contributed by atoms with Gasteiger partial charge in [-0.2, -0.15) is 0 Å². The molecule has 0 spiro atoms. The third-order valence-corrected chi connectivity index (χ3v) is 12.2. The lowest BCUT2D eigenvalue weighted by Gasteiger charge is -2.27. The molecular weight excluding hydrogens is 760 g/mol. The van der Waals surface area contributed by atoms with Crippen molar-refractivity contribution in [2.75, 3.05) is 40.9 Å². The standard InChI is InChI=1S/C49H97N2O7P/c1-7-10-13-16-19-22-25-28-31-34-37-40-47(58-49(53)42-39-36-33-30-27-24-21-18-15-12-9-3)46(45-57-59(54,55)56-44-43-51(4,5)6)50-48(52)41-38-35-32-29-26-23-20-17-14-11-8-2/h37,40,46-47H,7-36,38-39,41-45H2,1-6H3,(H-,50,52,54,55)/p+1/b40-37+. The van der Waals surface area contributed by atoms with E-state index in [1.807, 2.05) is 33.3 Å². The minimum absolute atomic E-state index is 0.0448. The number of hydrogen-bond donors (Lipinski definition) is 2. The quantitative estimate of drug-likeness (QED) is 0.0206. The summed E-state index contributed by atoms with van der Waals surface area (Å²) in [6, 6.07) is -0.835. The molecule has 9 nitrogen and oxygen atoms in total. The normalized spacial score (nSPS) is 14.1. The Balaban J connectivity index is 5.44. The summed E-state index contributed by atoms with van der Waals surface area (Å²) in [6.07, 6.45) is 42.0. The van der Waals surface area contributed by atoms with Crippen LogP contribution < -0.4 is 5.32 Å². The predicted octanol–water partition coefficient (Wildman–Crippen LogP) is 14.1. The second-order valence-corrected chi connectivity index (χ2v) is 19.8. The van der Waals surface area contributed by atoms with Crippen LogP contribution in [0.25, 0.3) is 0 Å². The lowest BCUT2D eigenvalue weighted by Crippen LogP contribution is -2.47. The molecule has 3 unspecified atom stereocenters. The molecule has 0 saturated heterocycles. The topological polar surface area (TPSA) is 111 Å². The lowest BCUT2D eigenvalue weighted by atomic mass is 10.0. The van der Waals surface area contributed by atoms with Crippen molar-refractivity contribution in [3.05, 3.63) is 12.2 Å². The summed E-state index contributed by atoms with van der Waals surface area (Å²) >= 11 is 0. The number of phosphoric ester groups is 1. The SMILES string of the molecule is CCCCCCCCCCC/C=C/C(OC(=O)CCCCCCCCCCCCC)C(COP(=O)(O)OCC[N+](C)(C)C)NC(=O)CCCCCCCCCCCCC. The fourth-order valence-electron chi connectivity index (χ4n) is 7.29. The van der Waals surface area contributed by atoms with Gasteiger partial charge in [0.15, 0.2) is 0 Å². The van der Waals surface area contributed by atoms with Crippen LogP contribution in [0.3, 0.4) is 0 Å². The molecule has 0 radical (unpaired) electrons. The number of allylic oxidation sites excluding steroid dienone is 1. The molecule has 10 heteroatoms. The van der Waals surface area contributed by atoms with Gasteiger partial charge in [-0.15, -0.1) is 0 Å². The minimum Gasteiger partial charge on any atom is -0.456 e. The van der Waals surface area contributed by atoms with Crippen LogP contribution in [-0.4, -0.2) is 74.3 Å². The van der Waals surface area contributed by atoms with Gasteiger partial charge in [-0.05, 0) is 31.8 Å². The number of amides is 1. The van der Waals surface area contributed by atoms with Crippen molar-refractivity contribution >= 4 is 19.7 Å². The first-order valence-corrected chi connectivity index (χ1v) is 26.5. The lowest BCUT2D eigenvalue weighted by molar-refractivity contribution is -0.870. The van der Waals surface area contributed by atoms with E-state index in [0.717, 1.165) is 57.8 Å². The number of carbonyl (C=O) groups is 2. The van der Waals surface area contributed by atoms with Gasteiger partial charge in [-0.3, -0.25) is 18.6 Å². The Morgan fingerprint density at radius 3 is 1.39 bits per heavy atom. The molecule has 3 atom stereocenters. The summed E-state index contributed by atoms with van der Waals surface area (Å²) < 4.78 is 30.4. The van der Waals surface area contributed by atoms with Gasteiger partial charge in [0.05, 0.1) is 33.8 Å². The summed E-state index contributed by atoms with van der Waals surface area (Å²) in [4.78, 5) is 37.2. The van der Waals surface area contributed by atoms with Crippen LogP contribution in [0.15, 0.2) is 12.2 Å². The molecule has 0 fully saturated rings. The number of ether oxygens (including phenoxy) is 1. The van der Waals surface area contributed by atoms with Crippen LogP contribution >= 0.6 is 7.82 Å². The Morgan fingerprint density at radius 1 is 0.576 bits per heavy atom. The molecule has 0 aromatic carbocycles. The largest absolute Gasteiger partial charge is 0.472 e. The molecule has 59 heavy (non-hydrogen) atoms. The maximum atomic E-state index is 13.4. The van der Waals surface area contributed by atoms with Gasteiger partial charge in [-0.25, -0.2) is 4.57 Å². The third kappa shape index (κ3) is 41.9.